The molecule has 0 unspecified atom stereocenters. The third kappa shape index (κ3) is 23.0. The highest BCUT2D eigenvalue weighted by Crippen LogP contribution is 2.56. The fraction of sp³-hybridized carbons (Fsp3) is 0.467. The first-order valence-electron chi connectivity index (χ1n) is 46.2. The number of nitrogens with one attached hydrogen (secondary N) is 1. The van der Waals surface area contributed by atoms with E-state index in [0.717, 1.165) is 0 Å². The van der Waals surface area contributed by atoms with Gasteiger partial charge in [-0.1, -0.05) is 400 Å². The first-order chi connectivity index (χ1) is 56.6. The first kappa shape index (κ1) is 99.2. The normalized spacial score (nSPS) is 13.4. The smallest absolute Gasteiger partial charge is 0.0620 e. The largest absolute Gasteiger partial charge is 0.355 e. The maximum absolute atomic E-state index is 3.80. The zero-order chi connectivity index (χ0) is 94.0. The summed E-state index contributed by atoms with van der Waals surface area (Å²) in [6, 6.07) is 75.9. The van der Waals surface area contributed by atoms with Gasteiger partial charge in [-0.25, -0.2) is 0 Å². The molecule has 0 radical (unpaired) electrons. The highest BCUT2D eigenvalue weighted by Gasteiger charge is 2.36. The Labute approximate surface area is 777 Å². The molecule has 0 fully saturated rings. The molecule has 0 amide bonds. The van der Waals surface area contributed by atoms with Crippen LogP contribution in [0.5, 0.6) is 0 Å². The Balaban J connectivity index is 0.000000267. The molecule has 0 aliphatic rings. The van der Waals surface area contributed by atoms with E-state index in [4.69, 9.17) is 0 Å². The van der Waals surface area contributed by atoms with Gasteiger partial charge >= 0.3 is 0 Å². The molecule has 0 bridgehead atoms. The zero-order valence-corrected chi connectivity index (χ0v) is 88.8. The number of hydrogen-bond donors (Lipinski definition) is 1. The summed E-state index contributed by atoms with van der Waals surface area (Å²) in [4.78, 5) is 5.34. The lowest BCUT2D eigenvalue weighted by atomic mass is 9.79. The minimum Gasteiger partial charge on any atom is -0.355 e. The van der Waals surface area contributed by atoms with Crippen LogP contribution >= 0.6 is 31.9 Å². The van der Waals surface area contributed by atoms with E-state index in [9.17, 15) is 0 Å². The van der Waals surface area contributed by atoms with Gasteiger partial charge in [-0.2, -0.15) is 0 Å². The molecule has 0 aliphatic heterocycles. The van der Waals surface area contributed by atoms with Gasteiger partial charge in [0.15, 0.2) is 0 Å². The van der Waals surface area contributed by atoms with E-state index in [1.54, 1.807) is 0 Å². The maximum atomic E-state index is 3.80. The van der Waals surface area contributed by atoms with Crippen molar-refractivity contribution in [3.63, 3.8) is 0 Å². The summed E-state index contributed by atoms with van der Waals surface area (Å²) in [5.41, 5.74) is 28.0. The van der Waals surface area contributed by atoms with Crippen LogP contribution in [0.1, 0.15) is 369 Å². The summed E-state index contributed by atoms with van der Waals surface area (Å²) in [7, 11) is 0. The van der Waals surface area contributed by atoms with Crippen LogP contribution < -0.4 is 15.1 Å². The van der Waals surface area contributed by atoms with Crippen molar-refractivity contribution in [3.05, 3.63) is 281 Å². The van der Waals surface area contributed by atoms with Crippen molar-refractivity contribution in [1.82, 2.24) is 0 Å². The standard InChI is InChI=1S/C74H100N2.C28H43N.C18H16Br2/c1-66(2,3)47-32-33-62-63(46-47)65(76(58-42-52(71(16,17)18)36-53(43-58)72(19,20)21)59-44-54(73(22,23)24)37-55(45-59)74(25,26)27)61-31-29-28-30-60(61)64(62)75(56-38-48(67(4,5)6)34-49(39-56)68(7,8)9)57-40-50(69(10,11)12)35-51(41-57)70(13,14)15;1-25(2,3)19-13-20(26(4,5)6)16-23(15-19)29-24-17-21(27(7,8)9)14-22(18-24)28(10,11)12;1-18(2,3)11-8-9-14-15(10-11)17(20)13-7-5-4-6-12(13)16(14)19/h28-46H,1-27H3;13-18,29H,1-12H3;4-10H,1-3H3. The third-order valence-corrected chi connectivity index (χ3v) is 27.0. The summed E-state index contributed by atoms with van der Waals surface area (Å²) < 4.78 is 2.35. The van der Waals surface area contributed by atoms with Crippen molar-refractivity contribution >= 4 is 120 Å². The van der Waals surface area contributed by atoms with Crippen LogP contribution in [0.15, 0.2) is 203 Å². The lowest BCUT2D eigenvalue weighted by Gasteiger charge is -2.37. The third-order valence-electron chi connectivity index (χ3n) is 25.3. The Morgan fingerprint density at radius 2 is 0.336 bits per heavy atom. The maximum Gasteiger partial charge on any atom is 0.0620 e. The van der Waals surface area contributed by atoms with E-state index >= 15 is 0 Å². The van der Waals surface area contributed by atoms with E-state index < -0.39 is 0 Å². The molecule has 0 spiro atoms. The summed E-state index contributed by atoms with van der Waals surface area (Å²) >= 11 is 7.57. The van der Waals surface area contributed by atoms with Gasteiger partial charge < -0.3 is 15.1 Å². The molecule has 125 heavy (non-hydrogen) atoms. The van der Waals surface area contributed by atoms with Crippen LogP contribution in [-0.4, -0.2) is 0 Å². The van der Waals surface area contributed by atoms with E-state index in [1.165, 1.54) is 175 Å². The molecule has 1 N–H and O–H groups in total. The SMILES string of the molecule is CC(C)(C)c1cc(N(c2cc(C(C)(C)C)cc(C(C)(C)C)c2)c2c3ccccc3c(N(c3cc(C(C)(C)C)cc(C(C)(C)C)c3)c3cc(C(C)(C)C)cc(C(C)(C)C)c3)c3cc(C(C)(C)C)ccc23)cc(C(C)(C)C)c1.CC(C)(C)c1cc(Nc2cc(C(C)(C)C)cc(C(C)(C)C)c2)cc(C(C)(C)C)c1.CC(C)(C)c1ccc2c(Br)c3ccccc3c(Br)c2c1. The molecule has 0 aromatic heterocycles. The molecule has 3 nitrogen and oxygen atoms in total. The number of benzene rings is 12. The second-order valence-electron chi connectivity index (χ2n) is 50.9. The van der Waals surface area contributed by atoms with E-state index in [-0.39, 0.29) is 75.8 Å². The van der Waals surface area contributed by atoms with Crippen LogP contribution in [0.3, 0.4) is 0 Å². The van der Waals surface area contributed by atoms with E-state index in [0.29, 0.717) is 0 Å². The minimum absolute atomic E-state index is 0.0946. The molecule has 668 valence electrons. The van der Waals surface area contributed by atoms with Gasteiger partial charge in [-0.3, -0.25) is 0 Å². The van der Waals surface area contributed by atoms with E-state index in [1.807, 2.05) is 0 Å². The summed E-state index contributed by atoms with van der Waals surface area (Å²) in [5.74, 6) is 0. The Morgan fingerprint density at radius 3 is 0.560 bits per heavy atom. The zero-order valence-electron chi connectivity index (χ0n) is 85.6. The second-order valence-corrected chi connectivity index (χ2v) is 52.5. The van der Waals surface area contributed by atoms with Gasteiger partial charge in [0.05, 0.1) is 11.4 Å². The molecule has 12 aromatic carbocycles. The number of fused-ring (bicyclic) bond motifs is 4. The van der Waals surface area contributed by atoms with Crippen LogP contribution in [0.4, 0.5) is 45.5 Å². The summed E-state index contributed by atoms with van der Waals surface area (Å²) in [6.07, 6.45) is 0. The number of hydrogen-bond acceptors (Lipinski definition) is 3. The van der Waals surface area contributed by atoms with Gasteiger partial charge in [0.2, 0.25) is 0 Å². The van der Waals surface area contributed by atoms with Crippen molar-refractivity contribution in [2.45, 2.75) is 367 Å². The molecule has 0 atom stereocenters. The van der Waals surface area contributed by atoms with Gasteiger partial charge in [-0.05, 0) is 292 Å². The molecule has 0 saturated heterocycles. The average molecular weight is 1800 g/mol. The van der Waals surface area contributed by atoms with Crippen LogP contribution in [-0.2, 0) is 75.8 Å². The highest BCUT2D eigenvalue weighted by atomic mass is 79.9. The van der Waals surface area contributed by atoms with Crippen LogP contribution in [0.25, 0.3) is 43.1 Å². The molecular weight excluding hydrogens is 1640 g/mol. The number of halogens is 2. The monoisotopic (exact) mass is 1800 g/mol. The molecule has 0 aliphatic carbocycles. The fourth-order valence-electron chi connectivity index (χ4n) is 16.2. The number of anilines is 8. The van der Waals surface area contributed by atoms with Gasteiger partial charge in [0, 0.05) is 64.6 Å². The average Bonchev–Trinajstić information content (AvgIpc) is 0.710. The predicted octanol–water partition coefficient (Wildman–Crippen LogP) is 38.0. The van der Waals surface area contributed by atoms with Crippen molar-refractivity contribution in [2.24, 2.45) is 0 Å². The molecule has 12 rings (SSSR count). The number of rotatable bonds is 8. The minimum atomic E-state index is -0.121. The molecular formula is C120H159Br2N3. The Hall–Kier alpha value is -7.96. The summed E-state index contributed by atoms with van der Waals surface area (Å²) in [6.45, 7) is 98.0. The number of nitrogens with zero attached hydrogens (tertiary/aromatic N) is 2. The highest BCUT2D eigenvalue weighted by molar-refractivity contribution is 9.11. The fourth-order valence-corrected chi connectivity index (χ4v) is 17.5. The first-order valence-corrected chi connectivity index (χ1v) is 47.8. The lowest BCUT2D eigenvalue weighted by Crippen LogP contribution is -2.22. The molecule has 0 saturated carbocycles. The van der Waals surface area contributed by atoms with Crippen molar-refractivity contribution < 1.29 is 0 Å². The Bertz CT molecular complexity index is 5550. The summed E-state index contributed by atoms with van der Waals surface area (Å²) in [5, 5.41) is 13.6. The van der Waals surface area contributed by atoms with Crippen LogP contribution in [0.2, 0.25) is 0 Å². The van der Waals surface area contributed by atoms with Crippen molar-refractivity contribution in [2.75, 3.05) is 15.1 Å². The van der Waals surface area contributed by atoms with Crippen molar-refractivity contribution in [1.29, 1.82) is 0 Å². The Morgan fingerprint density at radius 1 is 0.168 bits per heavy atom. The van der Waals surface area contributed by atoms with Crippen molar-refractivity contribution in [3.8, 4) is 0 Å². The predicted molar refractivity (Wildman–Crippen MR) is 566 cm³/mol. The quantitative estimate of drug-likeness (QED) is 0.121. The topological polar surface area (TPSA) is 18.5 Å². The lowest BCUT2D eigenvalue weighted by molar-refractivity contribution is 0.567. The molecule has 0 heterocycles. The molecule has 5 heteroatoms. The van der Waals surface area contributed by atoms with E-state index in [2.05, 4.69) is 532 Å². The second kappa shape index (κ2) is 34.5. The molecule has 12 aromatic rings. The Kier molecular flexibility index (Phi) is 27.4. The van der Waals surface area contributed by atoms with Gasteiger partial charge in [0.1, 0.15) is 0 Å². The van der Waals surface area contributed by atoms with Gasteiger partial charge in [0.25, 0.3) is 0 Å². The van der Waals surface area contributed by atoms with Gasteiger partial charge in [-0.15, -0.1) is 0 Å². The van der Waals surface area contributed by atoms with Crippen LogP contribution in [0, 0.1) is 0 Å².